The number of carboxylic acids is 2. The fourth-order valence-electron chi connectivity index (χ4n) is 3.80. The number of β-amino-alcohol motifs (C(OH)–C–C–N with tert-alkyl or cyclic N) is 1. The molecule has 0 radical (unpaired) electrons. The lowest BCUT2D eigenvalue weighted by Gasteiger charge is -2.38. The summed E-state index contributed by atoms with van der Waals surface area (Å²) in [4.78, 5) is 35.5. The van der Waals surface area contributed by atoms with Gasteiger partial charge in [0.1, 0.15) is 12.1 Å². The summed E-state index contributed by atoms with van der Waals surface area (Å²) in [5.41, 5.74) is 0. The smallest absolute Gasteiger partial charge is 0.320 e. The predicted molar refractivity (Wildman–Crippen MR) is 115 cm³/mol. The highest BCUT2D eigenvalue weighted by molar-refractivity contribution is 5.73. The van der Waals surface area contributed by atoms with Crippen molar-refractivity contribution in [3.63, 3.8) is 0 Å². The Kier molecular flexibility index (Phi) is 12.5. The standard InChI is InChI=1S/C20H40N4O7/c1-15(14-31-30)22-9-11-23(17(3)19(26)27)7-5-21(13-16(2)25)6-8-24(12-10-22)18(4)20(28)29/h15-18,25,30H,5-14H2,1-4H3,(H,26,27)(H,28,29). The largest absolute Gasteiger partial charge is 0.480 e. The highest BCUT2D eigenvalue weighted by Gasteiger charge is 2.27. The first-order chi connectivity index (χ1) is 14.6. The van der Waals surface area contributed by atoms with Gasteiger partial charge in [0.05, 0.1) is 12.7 Å². The van der Waals surface area contributed by atoms with E-state index in [1.807, 2.05) is 16.7 Å². The molecule has 31 heavy (non-hydrogen) atoms. The first kappa shape index (κ1) is 27.7. The van der Waals surface area contributed by atoms with E-state index in [-0.39, 0.29) is 12.6 Å². The normalized spacial score (nSPS) is 23.3. The van der Waals surface area contributed by atoms with Crippen molar-refractivity contribution in [3.05, 3.63) is 0 Å². The summed E-state index contributed by atoms with van der Waals surface area (Å²) in [5, 5.41) is 37.8. The van der Waals surface area contributed by atoms with Gasteiger partial charge in [-0.2, -0.15) is 0 Å². The number of aliphatic hydroxyl groups is 1. The van der Waals surface area contributed by atoms with Crippen LogP contribution >= 0.6 is 0 Å². The number of carboxylic acid groups (broad SMARTS) is 2. The molecule has 1 fully saturated rings. The van der Waals surface area contributed by atoms with Gasteiger partial charge >= 0.3 is 11.9 Å². The first-order valence-electron chi connectivity index (χ1n) is 10.9. The molecule has 4 N–H and O–H groups in total. The quantitative estimate of drug-likeness (QED) is 0.266. The zero-order chi connectivity index (χ0) is 23.6. The highest BCUT2D eigenvalue weighted by Crippen LogP contribution is 2.09. The minimum atomic E-state index is -0.895. The summed E-state index contributed by atoms with van der Waals surface area (Å²) in [6.07, 6.45) is -0.543. The average Bonchev–Trinajstić information content (AvgIpc) is 2.68. The number of rotatable bonds is 9. The Labute approximate surface area is 184 Å². The van der Waals surface area contributed by atoms with Crippen LogP contribution in [0.2, 0.25) is 0 Å². The second-order valence-electron chi connectivity index (χ2n) is 8.43. The molecule has 1 aliphatic rings. The molecule has 1 heterocycles. The zero-order valence-electron chi connectivity index (χ0n) is 19.2. The van der Waals surface area contributed by atoms with Crippen LogP contribution in [0.5, 0.6) is 0 Å². The van der Waals surface area contributed by atoms with E-state index in [4.69, 9.17) is 5.26 Å². The molecule has 0 aliphatic carbocycles. The van der Waals surface area contributed by atoms with Gasteiger partial charge in [-0.1, -0.05) is 0 Å². The van der Waals surface area contributed by atoms with E-state index < -0.39 is 30.1 Å². The van der Waals surface area contributed by atoms with E-state index in [1.54, 1.807) is 20.8 Å². The van der Waals surface area contributed by atoms with E-state index in [0.717, 1.165) is 0 Å². The zero-order valence-corrected chi connectivity index (χ0v) is 19.2. The van der Waals surface area contributed by atoms with Crippen molar-refractivity contribution in [1.82, 2.24) is 19.6 Å². The van der Waals surface area contributed by atoms with Gasteiger partial charge in [0.2, 0.25) is 0 Å². The minimum absolute atomic E-state index is 0.102. The molecule has 0 aromatic carbocycles. The van der Waals surface area contributed by atoms with Crippen molar-refractivity contribution in [1.29, 1.82) is 0 Å². The van der Waals surface area contributed by atoms with Gasteiger partial charge in [0, 0.05) is 64.9 Å². The van der Waals surface area contributed by atoms with Crippen LogP contribution in [0, 0.1) is 0 Å². The van der Waals surface area contributed by atoms with Crippen LogP contribution < -0.4 is 0 Å². The third-order valence-corrected chi connectivity index (χ3v) is 6.03. The molecule has 0 bridgehead atoms. The molecule has 182 valence electrons. The number of hydrogen-bond acceptors (Lipinski definition) is 9. The molecule has 11 heteroatoms. The summed E-state index contributed by atoms with van der Waals surface area (Å²) in [7, 11) is 0. The molecule has 4 unspecified atom stereocenters. The van der Waals surface area contributed by atoms with Crippen molar-refractivity contribution in [3.8, 4) is 0 Å². The molecule has 0 aromatic rings. The fraction of sp³-hybridized carbons (Fsp3) is 0.900. The monoisotopic (exact) mass is 448 g/mol. The predicted octanol–water partition coefficient (Wildman–Crippen LogP) is -0.587. The van der Waals surface area contributed by atoms with Gasteiger partial charge in [-0.3, -0.25) is 34.4 Å². The molecule has 1 saturated heterocycles. The van der Waals surface area contributed by atoms with Crippen LogP contribution in [-0.2, 0) is 14.5 Å². The summed E-state index contributed by atoms with van der Waals surface area (Å²) < 4.78 is 0. The Morgan fingerprint density at radius 1 is 0.774 bits per heavy atom. The van der Waals surface area contributed by atoms with Gasteiger partial charge in [-0.15, -0.1) is 0 Å². The second kappa shape index (κ2) is 13.9. The highest BCUT2D eigenvalue weighted by atomic mass is 17.1. The number of aliphatic hydroxyl groups excluding tert-OH is 1. The molecule has 11 nitrogen and oxygen atoms in total. The maximum atomic E-state index is 11.6. The van der Waals surface area contributed by atoms with Gasteiger partial charge in [-0.05, 0) is 27.7 Å². The summed E-state index contributed by atoms with van der Waals surface area (Å²) in [6, 6.07) is -1.44. The topological polar surface area (TPSA) is 137 Å². The summed E-state index contributed by atoms with van der Waals surface area (Å²) in [6.45, 7) is 11.7. The molecule has 0 amide bonds. The van der Waals surface area contributed by atoms with Crippen LogP contribution in [0.3, 0.4) is 0 Å². The summed E-state index contributed by atoms with van der Waals surface area (Å²) in [5.74, 6) is -1.79. The van der Waals surface area contributed by atoms with Crippen molar-refractivity contribution in [2.75, 3.05) is 65.5 Å². The third-order valence-electron chi connectivity index (χ3n) is 6.03. The number of nitrogens with zero attached hydrogens (tertiary/aromatic N) is 4. The number of hydrogen-bond donors (Lipinski definition) is 4. The van der Waals surface area contributed by atoms with Gasteiger partial charge in [0.25, 0.3) is 0 Å². The van der Waals surface area contributed by atoms with E-state index in [2.05, 4.69) is 14.7 Å². The molecular formula is C20H40N4O7. The molecule has 0 aromatic heterocycles. The van der Waals surface area contributed by atoms with Gasteiger partial charge < -0.3 is 15.3 Å². The summed E-state index contributed by atoms with van der Waals surface area (Å²) >= 11 is 0. The maximum Gasteiger partial charge on any atom is 0.320 e. The minimum Gasteiger partial charge on any atom is -0.480 e. The Bertz CT molecular complexity index is 516. The molecule has 0 saturated carbocycles. The third kappa shape index (κ3) is 9.77. The van der Waals surface area contributed by atoms with Crippen molar-refractivity contribution < 1.29 is 35.1 Å². The van der Waals surface area contributed by atoms with E-state index in [9.17, 15) is 24.9 Å². The van der Waals surface area contributed by atoms with Crippen molar-refractivity contribution >= 4 is 11.9 Å². The Hall–Kier alpha value is -1.34. The fourth-order valence-corrected chi connectivity index (χ4v) is 3.80. The number of aliphatic carboxylic acids is 2. The Balaban J connectivity index is 3.08. The molecule has 4 atom stereocenters. The SMILES string of the molecule is CC(O)CN1CCN(C(C)C(=O)O)CCN(C(C)COO)CCN(C(C)C(=O)O)CC1. The van der Waals surface area contributed by atoms with Crippen LogP contribution in [0.25, 0.3) is 0 Å². The van der Waals surface area contributed by atoms with E-state index in [1.165, 1.54) is 0 Å². The van der Waals surface area contributed by atoms with E-state index >= 15 is 0 Å². The lowest BCUT2D eigenvalue weighted by molar-refractivity contribution is -0.251. The van der Waals surface area contributed by atoms with Crippen LogP contribution in [0.15, 0.2) is 0 Å². The maximum absolute atomic E-state index is 11.6. The molecule has 1 rings (SSSR count). The van der Waals surface area contributed by atoms with Crippen molar-refractivity contribution in [2.45, 2.75) is 51.9 Å². The second-order valence-corrected chi connectivity index (χ2v) is 8.43. The van der Waals surface area contributed by atoms with Crippen LogP contribution in [0.1, 0.15) is 27.7 Å². The van der Waals surface area contributed by atoms with Gasteiger partial charge in [-0.25, -0.2) is 4.89 Å². The van der Waals surface area contributed by atoms with Crippen molar-refractivity contribution in [2.24, 2.45) is 0 Å². The van der Waals surface area contributed by atoms with Gasteiger partial charge in [0.15, 0.2) is 0 Å². The average molecular weight is 449 g/mol. The lowest BCUT2D eigenvalue weighted by atomic mass is 10.2. The Morgan fingerprint density at radius 2 is 1.16 bits per heavy atom. The van der Waals surface area contributed by atoms with Crippen LogP contribution in [0.4, 0.5) is 0 Å². The molecule has 1 aliphatic heterocycles. The Morgan fingerprint density at radius 3 is 1.52 bits per heavy atom. The van der Waals surface area contributed by atoms with E-state index in [0.29, 0.717) is 58.9 Å². The number of carbonyl (C=O) groups is 2. The van der Waals surface area contributed by atoms with Crippen LogP contribution in [-0.4, -0.2) is 142 Å². The molecular weight excluding hydrogens is 408 g/mol. The lowest BCUT2D eigenvalue weighted by Crippen LogP contribution is -2.53. The molecule has 0 spiro atoms. The first-order valence-corrected chi connectivity index (χ1v) is 10.9.